The van der Waals surface area contributed by atoms with Gasteiger partial charge in [0.2, 0.25) is 0 Å². The second-order valence-corrected chi connectivity index (χ2v) is 4.71. The van der Waals surface area contributed by atoms with Gasteiger partial charge in [-0.05, 0) is 42.1 Å². The number of halogens is 2. The summed E-state index contributed by atoms with van der Waals surface area (Å²) < 4.78 is 0. The second-order valence-electron chi connectivity index (χ2n) is 4.27. The van der Waals surface area contributed by atoms with Crippen LogP contribution in [-0.2, 0) is 6.42 Å². The minimum Gasteiger partial charge on any atom is -0.309 e. The molecule has 1 nitrogen and oxygen atoms in total. The number of nitrogens with one attached hydrogen (secondary N) is 1. The summed E-state index contributed by atoms with van der Waals surface area (Å²) in [6.45, 7) is 5.57. The van der Waals surface area contributed by atoms with E-state index in [0.717, 1.165) is 18.0 Å². The zero-order chi connectivity index (χ0) is 10.1. The van der Waals surface area contributed by atoms with E-state index in [4.69, 9.17) is 11.6 Å². The molecular weight excluding hydrogens is 229 g/mol. The standard InChI is InChI=1S/C12H16ClN.ClH/c1-8(2)12-11-4-3-10(13)7-9(11)5-6-14-12;/h3-4,7-8,12,14H,5-6H2,1-2H3;1H. The minimum atomic E-state index is 0. The van der Waals surface area contributed by atoms with Crippen molar-refractivity contribution in [3.8, 4) is 0 Å². The molecule has 84 valence electrons. The number of benzene rings is 1. The highest BCUT2D eigenvalue weighted by molar-refractivity contribution is 6.30. The quantitative estimate of drug-likeness (QED) is 0.798. The molecule has 0 radical (unpaired) electrons. The number of hydrogen-bond acceptors (Lipinski definition) is 1. The van der Waals surface area contributed by atoms with Crippen LogP contribution in [0.25, 0.3) is 0 Å². The molecule has 1 aromatic rings. The maximum Gasteiger partial charge on any atom is 0.0408 e. The molecule has 3 heteroatoms. The lowest BCUT2D eigenvalue weighted by Gasteiger charge is -2.30. The molecule has 1 aliphatic heterocycles. The van der Waals surface area contributed by atoms with Crippen LogP contribution >= 0.6 is 24.0 Å². The fraction of sp³-hybridized carbons (Fsp3) is 0.500. The van der Waals surface area contributed by atoms with E-state index in [2.05, 4.69) is 31.3 Å². The third-order valence-corrected chi connectivity index (χ3v) is 3.10. The highest BCUT2D eigenvalue weighted by Crippen LogP contribution is 2.30. The van der Waals surface area contributed by atoms with Gasteiger partial charge in [-0.3, -0.25) is 0 Å². The lowest BCUT2D eigenvalue weighted by atomic mass is 9.88. The van der Waals surface area contributed by atoms with Gasteiger partial charge in [0.1, 0.15) is 0 Å². The maximum atomic E-state index is 5.98. The Labute approximate surface area is 103 Å². The molecule has 0 aromatic heterocycles. The lowest BCUT2D eigenvalue weighted by Crippen LogP contribution is -2.32. The van der Waals surface area contributed by atoms with Gasteiger partial charge < -0.3 is 5.32 Å². The molecule has 1 heterocycles. The van der Waals surface area contributed by atoms with E-state index < -0.39 is 0 Å². The van der Waals surface area contributed by atoms with Crippen LogP contribution in [0, 0.1) is 5.92 Å². The van der Waals surface area contributed by atoms with Crippen molar-refractivity contribution in [2.75, 3.05) is 6.54 Å². The summed E-state index contributed by atoms with van der Waals surface area (Å²) in [6.07, 6.45) is 1.10. The zero-order valence-corrected chi connectivity index (χ0v) is 10.7. The second kappa shape index (κ2) is 5.20. The molecular formula is C12H17Cl2N. The Bertz CT molecular complexity index is 336. The first-order valence-electron chi connectivity index (χ1n) is 5.20. The number of fused-ring (bicyclic) bond motifs is 1. The predicted molar refractivity (Wildman–Crippen MR) is 68.0 cm³/mol. The van der Waals surface area contributed by atoms with Crippen molar-refractivity contribution in [1.82, 2.24) is 5.32 Å². The van der Waals surface area contributed by atoms with Crippen LogP contribution in [0.15, 0.2) is 18.2 Å². The van der Waals surface area contributed by atoms with Crippen LogP contribution in [0.3, 0.4) is 0 Å². The lowest BCUT2D eigenvalue weighted by molar-refractivity contribution is 0.395. The predicted octanol–water partition coefficient (Wildman–Crippen LogP) is 3.60. The number of rotatable bonds is 1. The Balaban J connectivity index is 0.00000112. The molecule has 0 fully saturated rings. The van der Waals surface area contributed by atoms with E-state index in [1.807, 2.05) is 6.07 Å². The SMILES string of the molecule is CC(C)C1NCCc2cc(Cl)ccc21.Cl. The summed E-state index contributed by atoms with van der Waals surface area (Å²) in [7, 11) is 0. The van der Waals surface area contributed by atoms with Gasteiger partial charge in [0, 0.05) is 11.1 Å². The highest BCUT2D eigenvalue weighted by atomic mass is 35.5. The topological polar surface area (TPSA) is 12.0 Å². The van der Waals surface area contributed by atoms with E-state index in [9.17, 15) is 0 Å². The highest BCUT2D eigenvalue weighted by Gasteiger charge is 2.21. The Hall–Kier alpha value is -0.240. The molecule has 1 aliphatic rings. The Kier molecular flexibility index (Phi) is 4.45. The molecule has 0 bridgehead atoms. The van der Waals surface area contributed by atoms with Crippen LogP contribution in [0.1, 0.15) is 31.0 Å². The van der Waals surface area contributed by atoms with Crippen LogP contribution in [0.5, 0.6) is 0 Å². The fourth-order valence-corrected chi connectivity index (χ4v) is 2.36. The maximum absolute atomic E-state index is 5.98. The zero-order valence-electron chi connectivity index (χ0n) is 9.09. The number of hydrogen-bond donors (Lipinski definition) is 1. The molecule has 15 heavy (non-hydrogen) atoms. The summed E-state index contributed by atoms with van der Waals surface area (Å²) in [5, 5.41) is 4.41. The first-order valence-corrected chi connectivity index (χ1v) is 5.58. The molecule has 1 N–H and O–H groups in total. The summed E-state index contributed by atoms with van der Waals surface area (Å²) in [5.41, 5.74) is 2.84. The van der Waals surface area contributed by atoms with E-state index >= 15 is 0 Å². The fourth-order valence-electron chi connectivity index (χ4n) is 2.16. The molecule has 1 atom stereocenters. The van der Waals surface area contributed by atoms with Gasteiger partial charge >= 0.3 is 0 Å². The van der Waals surface area contributed by atoms with Crippen LogP contribution in [-0.4, -0.2) is 6.54 Å². The van der Waals surface area contributed by atoms with Gasteiger partial charge in [-0.15, -0.1) is 12.4 Å². The van der Waals surface area contributed by atoms with E-state index in [1.54, 1.807) is 0 Å². The first-order chi connectivity index (χ1) is 6.68. The monoisotopic (exact) mass is 245 g/mol. The van der Waals surface area contributed by atoms with Crippen molar-refractivity contribution in [3.63, 3.8) is 0 Å². The van der Waals surface area contributed by atoms with Crippen LogP contribution < -0.4 is 5.32 Å². The largest absolute Gasteiger partial charge is 0.309 e. The molecule has 1 aromatic carbocycles. The van der Waals surface area contributed by atoms with E-state index in [-0.39, 0.29) is 12.4 Å². The summed E-state index contributed by atoms with van der Waals surface area (Å²) in [6, 6.07) is 6.75. The third-order valence-electron chi connectivity index (χ3n) is 2.87. The van der Waals surface area contributed by atoms with Crippen molar-refractivity contribution in [2.24, 2.45) is 5.92 Å². The van der Waals surface area contributed by atoms with Crippen molar-refractivity contribution in [3.05, 3.63) is 34.3 Å². The Morgan fingerprint density at radius 1 is 1.40 bits per heavy atom. The first kappa shape index (κ1) is 12.8. The molecule has 0 saturated heterocycles. The Morgan fingerprint density at radius 2 is 2.13 bits per heavy atom. The normalized spacial score (nSPS) is 19.6. The summed E-state index contributed by atoms with van der Waals surface area (Å²) >= 11 is 5.98. The van der Waals surface area contributed by atoms with E-state index in [0.29, 0.717) is 12.0 Å². The Morgan fingerprint density at radius 3 is 2.80 bits per heavy atom. The molecule has 0 aliphatic carbocycles. The third kappa shape index (κ3) is 2.66. The molecule has 1 unspecified atom stereocenters. The molecule has 2 rings (SSSR count). The van der Waals surface area contributed by atoms with Crippen molar-refractivity contribution >= 4 is 24.0 Å². The van der Waals surface area contributed by atoms with Gasteiger partial charge in [-0.25, -0.2) is 0 Å². The molecule has 0 saturated carbocycles. The van der Waals surface area contributed by atoms with Crippen molar-refractivity contribution in [2.45, 2.75) is 26.3 Å². The average Bonchev–Trinajstić information content (AvgIpc) is 2.16. The van der Waals surface area contributed by atoms with Crippen LogP contribution in [0.4, 0.5) is 0 Å². The van der Waals surface area contributed by atoms with Gasteiger partial charge in [-0.1, -0.05) is 31.5 Å². The van der Waals surface area contributed by atoms with Gasteiger partial charge in [-0.2, -0.15) is 0 Å². The van der Waals surface area contributed by atoms with E-state index in [1.165, 1.54) is 11.1 Å². The van der Waals surface area contributed by atoms with Crippen molar-refractivity contribution < 1.29 is 0 Å². The van der Waals surface area contributed by atoms with Gasteiger partial charge in [0.15, 0.2) is 0 Å². The van der Waals surface area contributed by atoms with Crippen LogP contribution in [0.2, 0.25) is 5.02 Å². The van der Waals surface area contributed by atoms with Gasteiger partial charge in [0.25, 0.3) is 0 Å². The minimum absolute atomic E-state index is 0. The van der Waals surface area contributed by atoms with Crippen molar-refractivity contribution in [1.29, 1.82) is 0 Å². The summed E-state index contributed by atoms with van der Waals surface area (Å²) in [4.78, 5) is 0. The smallest absolute Gasteiger partial charge is 0.0408 e. The molecule has 0 amide bonds. The average molecular weight is 246 g/mol. The summed E-state index contributed by atoms with van der Waals surface area (Å²) in [5.74, 6) is 0.634. The van der Waals surface area contributed by atoms with Gasteiger partial charge in [0.05, 0.1) is 0 Å². The molecule has 0 spiro atoms.